The normalized spacial score (nSPS) is 19.8. The largest absolute Gasteiger partial charge is 0.490 e. The molecule has 1 amide bonds. The van der Waals surface area contributed by atoms with Gasteiger partial charge in [0.15, 0.2) is 5.13 Å². The van der Waals surface area contributed by atoms with E-state index in [1.54, 1.807) is 17.5 Å². The SMILES string of the molecule is CN1CCOc2ccc(NC(=O)C3CCCN3c3nccs3)cc21. The standard InChI is InChI=1S/C17H20N4O2S/c1-20-8-9-23-15-5-4-12(11-14(15)20)19-16(22)13-3-2-7-21(13)17-18-6-10-24-17/h4-6,10-11,13H,2-3,7-9H2,1H3,(H,19,22). The summed E-state index contributed by atoms with van der Waals surface area (Å²) in [5.74, 6) is 0.897. The Morgan fingerprint density at radius 1 is 1.42 bits per heavy atom. The van der Waals surface area contributed by atoms with Gasteiger partial charge in [-0.1, -0.05) is 0 Å². The Kier molecular flexibility index (Phi) is 4.02. The fourth-order valence-corrected chi connectivity index (χ4v) is 4.00. The lowest BCUT2D eigenvalue weighted by Gasteiger charge is -2.28. The molecule has 1 N–H and O–H groups in total. The van der Waals surface area contributed by atoms with Crippen molar-refractivity contribution in [1.29, 1.82) is 0 Å². The van der Waals surface area contributed by atoms with Crippen LogP contribution in [0, 0.1) is 0 Å². The molecule has 126 valence electrons. The molecule has 2 aliphatic heterocycles. The Morgan fingerprint density at radius 3 is 3.17 bits per heavy atom. The number of carbonyl (C=O) groups is 1. The minimum atomic E-state index is -0.152. The van der Waals surface area contributed by atoms with Crippen molar-refractivity contribution in [1.82, 2.24) is 4.98 Å². The zero-order valence-corrected chi connectivity index (χ0v) is 14.4. The summed E-state index contributed by atoms with van der Waals surface area (Å²) < 4.78 is 5.65. The van der Waals surface area contributed by atoms with Gasteiger partial charge >= 0.3 is 0 Å². The Hall–Kier alpha value is -2.28. The lowest BCUT2D eigenvalue weighted by Crippen LogP contribution is -2.39. The van der Waals surface area contributed by atoms with Crippen molar-refractivity contribution >= 4 is 33.8 Å². The Morgan fingerprint density at radius 2 is 2.33 bits per heavy atom. The second-order valence-corrected chi connectivity index (χ2v) is 6.98. The van der Waals surface area contributed by atoms with Crippen molar-refractivity contribution in [2.75, 3.05) is 41.9 Å². The van der Waals surface area contributed by atoms with E-state index in [1.165, 1.54) is 0 Å². The van der Waals surface area contributed by atoms with Crippen LogP contribution in [0.25, 0.3) is 0 Å². The molecule has 1 saturated heterocycles. The first-order valence-electron chi connectivity index (χ1n) is 8.17. The lowest BCUT2D eigenvalue weighted by molar-refractivity contribution is -0.117. The first-order chi connectivity index (χ1) is 11.7. The van der Waals surface area contributed by atoms with Crippen LogP contribution < -0.4 is 19.9 Å². The molecule has 3 heterocycles. The molecule has 2 aromatic rings. The molecule has 6 nitrogen and oxygen atoms in total. The summed E-state index contributed by atoms with van der Waals surface area (Å²) in [7, 11) is 2.04. The lowest BCUT2D eigenvalue weighted by atomic mass is 10.2. The molecule has 0 spiro atoms. The second kappa shape index (κ2) is 6.32. The maximum absolute atomic E-state index is 12.7. The number of fused-ring (bicyclic) bond motifs is 1. The molecular formula is C17H20N4O2S. The van der Waals surface area contributed by atoms with E-state index in [0.29, 0.717) is 6.61 Å². The number of hydrogen-bond acceptors (Lipinski definition) is 6. The predicted molar refractivity (Wildman–Crippen MR) is 96.3 cm³/mol. The first kappa shape index (κ1) is 15.3. The van der Waals surface area contributed by atoms with E-state index in [2.05, 4.69) is 20.1 Å². The number of benzene rings is 1. The van der Waals surface area contributed by atoms with Gasteiger partial charge in [0.05, 0.1) is 12.2 Å². The fraction of sp³-hybridized carbons (Fsp3) is 0.412. The van der Waals surface area contributed by atoms with Gasteiger partial charge in [0.1, 0.15) is 18.4 Å². The molecule has 24 heavy (non-hydrogen) atoms. The maximum Gasteiger partial charge on any atom is 0.247 e. The van der Waals surface area contributed by atoms with E-state index >= 15 is 0 Å². The summed E-state index contributed by atoms with van der Waals surface area (Å²) in [6.07, 6.45) is 3.66. The summed E-state index contributed by atoms with van der Waals surface area (Å²) in [4.78, 5) is 21.3. The predicted octanol–water partition coefficient (Wildman–Crippen LogP) is 2.58. The highest BCUT2D eigenvalue weighted by Gasteiger charge is 2.32. The number of amides is 1. The van der Waals surface area contributed by atoms with Crippen LogP contribution in [-0.4, -0.2) is 43.7 Å². The van der Waals surface area contributed by atoms with E-state index in [0.717, 1.165) is 48.2 Å². The van der Waals surface area contributed by atoms with Crippen LogP contribution in [0.5, 0.6) is 5.75 Å². The zero-order chi connectivity index (χ0) is 16.5. The topological polar surface area (TPSA) is 57.7 Å². The van der Waals surface area contributed by atoms with Crippen molar-refractivity contribution in [3.63, 3.8) is 0 Å². The van der Waals surface area contributed by atoms with Crippen LogP contribution in [0.15, 0.2) is 29.8 Å². The number of likely N-dealkylation sites (N-methyl/N-ethyl adjacent to an activating group) is 1. The van der Waals surface area contributed by atoms with Crippen LogP contribution in [0.4, 0.5) is 16.5 Å². The molecule has 1 aromatic carbocycles. The van der Waals surface area contributed by atoms with E-state index < -0.39 is 0 Å². The number of carbonyl (C=O) groups excluding carboxylic acids is 1. The van der Waals surface area contributed by atoms with E-state index in [4.69, 9.17) is 4.74 Å². The van der Waals surface area contributed by atoms with Crippen molar-refractivity contribution < 1.29 is 9.53 Å². The second-order valence-electron chi connectivity index (χ2n) is 6.11. The molecule has 1 unspecified atom stereocenters. The molecule has 7 heteroatoms. The van der Waals surface area contributed by atoms with Gasteiger partial charge in [-0.15, -0.1) is 11.3 Å². The maximum atomic E-state index is 12.7. The number of anilines is 3. The number of aromatic nitrogens is 1. The quantitative estimate of drug-likeness (QED) is 0.927. The van der Waals surface area contributed by atoms with Crippen LogP contribution in [0.1, 0.15) is 12.8 Å². The first-order valence-corrected chi connectivity index (χ1v) is 9.05. The van der Waals surface area contributed by atoms with E-state index in [9.17, 15) is 4.79 Å². The van der Waals surface area contributed by atoms with Gasteiger partial charge in [-0.2, -0.15) is 0 Å². The summed E-state index contributed by atoms with van der Waals surface area (Å²) in [6.45, 7) is 2.43. The van der Waals surface area contributed by atoms with Gasteiger partial charge in [0.25, 0.3) is 0 Å². The van der Waals surface area contributed by atoms with Crippen molar-refractivity contribution in [3.8, 4) is 5.75 Å². The number of nitrogens with zero attached hydrogens (tertiary/aromatic N) is 3. The van der Waals surface area contributed by atoms with Gasteiger partial charge in [-0.25, -0.2) is 4.98 Å². The minimum absolute atomic E-state index is 0.0297. The number of ether oxygens (including phenoxy) is 1. The Labute approximate surface area is 145 Å². The molecule has 4 rings (SSSR count). The summed E-state index contributed by atoms with van der Waals surface area (Å²) in [5.41, 5.74) is 1.82. The number of thiazole rings is 1. The molecule has 1 aromatic heterocycles. The van der Waals surface area contributed by atoms with Crippen LogP contribution in [-0.2, 0) is 4.79 Å². The molecule has 1 atom stereocenters. The van der Waals surface area contributed by atoms with Crippen molar-refractivity contribution in [2.24, 2.45) is 0 Å². The third kappa shape index (κ3) is 2.80. The highest BCUT2D eigenvalue weighted by molar-refractivity contribution is 7.13. The number of nitrogens with one attached hydrogen (secondary N) is 1. The monoisotopic (exact) mass is 344 g/mol. The average Bonchev–Trinajstić information content (AvgIpc) is 3.26. The molecule has 0 radical (unpaired) electrons. The van der Waals surface area contributed by atoms with Gasteiger partial charge in [-0.05, 0) is 31.0 Å². The van der Waals surface area contributed by atoms with Gasteiger partial charge < -0.3 is 19.9 Å². The summed E-state index contributed by atoms with van der Waals surface area (Å²) in [5, 5.41) is 5.93. The molecule has 0 saturated carbocycles. The van der Waals surface area contributed by atoms with E-state index in [1.807, 2.05) is 30.6 Å². The number of hydrogen-bond donors (Lipinski definition) is 1. The summed E-state index contributed by atoms with van der Waals surface area (Å²) in [6, 6.07) is 5.66. The van der Waals surface area contributed by atoms with Crippen molar-refractivity contribution in [2.45, 2.75) is 18.9 Å². The zero-order valence-electron chi connectivity index (χ0n) is 13.6. The van der Waals surface area contributed by atoms with Crippen molar-refractivity contribution in [3.05, 3.63) is 29.8 Å². The fourth-order valence-electron chi connectivity index (χ4n) is 3.28. The average molecular weight is 344 g/mol. The molecule has 1 fully saturated rings. The Balaban J connectivity index is 1.51. The Bertz CT molecular complexity index is 734. The van der Waals surface area contributed by atoms with E-state index in [-0.39, 0.29) is 11.9 Å². The highest BCUT2D eigenvalue weighted by atomic mass is 32.1. The molecule has 0 aliphatic carbocycles. The molecular weight excluding hydrogens is 324 g/mol. The smallest absolute Gasteiger partial charge is 0.247 e. The van der Waals surface area contributed by atoms with Crippen LogP contribution in [0.2, 0.25) is 0 Å². The van der Waals surface area contributed by atoms with Gasteiger partial charge in [0, 0.05) is 30.9 Å². The minimum Gasteiger partial charge on any atom is -0.490 e. The number of rotatable bonds is 3. The molecule has 0 bridgehead atoms. The van der Waals surface area contributed by atoms with Gasteiger partial charge in [-0.3, -0.25) is 4.79 Å². The third-order valence-electron chi connectivity index (χ3n) is 4.54. The van der Waals surface area contributed by atoms with Gasteiger partial charge in [0.2, 0.25) is 5.91 Å². The van der Waals surface area contributed by atoms with Crippen LogP contribution in [0.3, 0.4) is 0 Å². The molecule has 2 aliphatic rings. The van der Waals surface area contributed by atoms with Crippen LogP contribution >= 0.6 is 11.3 Å². The third-order valence-corrected chi connectivity index (χ3v) is 5.35. The summed E-state index contributed by atoms with van der Waals surface area (Å²) >= 11 is 1.58. The highest BCUT2D eigenvalue weighted by Crippen LogP contribution is 2.34.